The SMILES string of the molecule is OCC1=CC=C(N2CCCC2)NC1. The average Bonchev–Trinajstić information content (AvgIpc) is 2.71. The molecular weight excluding hydrogens is 164 g/mol. The number of nitrogens with one attached hydrogen (secondary N) is 1. The Morgan fingerprint density at radius 2 is 2.08 bits per heavy atom. The van der Waals surface area contributed by atoms with Gasteiger partial charge >= 0.3 is 0 Å². The number of nitrogens with zero attached hydrogens (tertiary/aromatic N) is 1. The van der Waals surface area contributed by atoms with Gasteiger partial charge in [-0.1, -0.05) is 6.08 Å². The van der Waals surface area contributed by atoms with Gasteiger partial charge in [-0.3, -0.25) is 0 Å². The lowest BCUT2D eigenvalue weighted by Gasteiger charge is -2.25. The van der Waals surface area contributed by atoms with E-state index in [1.165, 1.54) is 31.8 Å². The lowest BCUT2D eigenvalue weighted by atomic mass is 10.2. The molecule has 72 valence electrons. The van der Waals surface area contributed by atoms with E-state index in [0.717, 1.165) is 12.1 Å². The third kappa shape index (κ3) is 1.86. The first-order chi connectivity index (χ1) is 6.40. The highest BCUT2D eigenvalue weighted by Crippen LogP contribution is 2.15. The molecule has 0 saturated carbocycles. The number of allylic oxidation sites excluding steroid dienone is 2. The second-order valence-corrected chi connectivity index (χ2v) is 3.58. The van der Waals surface area contributed by atoms with E-state index < -0.39 is 0 Å². The Balaban J connectivity index is 2.00. The number of aliphatic hydroxyl groups excluding tert-OH is 1. The topological polar surface area (TPSA) is 35.5 Å². The molecule has 1 fully saturated rings. The summed E-state index contributed by atoms with van der Waals surface area (Å²) in [6, 6.07) is 0. The van der Waals surface area contributed by atoms with Crippen LogP contribution in [0.4, 0.5) is 0 Å². The van der Waals surface area contributed by atoms with E-state index in [-0.39, 0.29) is 6.61 Å². The van der Waals surface area contributed by atoms with Crippen molar-refractivity contribution in [3.8, 4) is 0 Å². The molecule has 3 heteroatoms. The lowest BCUT2D eigenvalue weighted by molar-refractivity contribution is 0.323. The maximum absolute atomic E-state index is 8.89. The van der Waals surface area contributed by atoms with E-state index in [0.29, 0.717) is 0 Å². The molecule has 2 aliphatic rings. The Bertz CT molecular complexity index is 239. The maximum Gasteiger partial charge on any atom is 0.101 e. The molecule has 0 aliphatic carbocycles. The van der Waals surface area contributed by atoms with Gasteiger partial charge in [0.15, 0.2) is 0 Å². The number of hydrogen-bond acceptors (Lipinski definition) is 3. The fourth-order valence-corrected chi connectivity index (χ4v) is 1.80. The molecule has 2 heterocycles. The molecular formula is C10H16N2O. The van der Waals surface area contributed by atoms with E-state index in [2.05, 4.69) is 16.3 Å². The molecule has 0 amide bonds. The van der Waals surface area contributed by atoms with Crippen molar-refractivity contribution >= 4 is 0 Å². The van der Waals surface area contributed by atoms with Crippen LogP contribution < -0.4 is 5.32 Å². The second kappa shape index (κ2) is 3.83. The zero-order valence-electron chi connectivity index (χ0n) is 7.79. The summed E-state index contributed by atoms with van der Waals surface area (Å²) in [5, 5.41) is 12.2. The van der Waals surface area contributed by atoms with Crippen molar-refractivity contribution in [3.63, 3.8) is 0 Å². The molecule has 1 saturated heterocycles. The first kappa shape index (κ1) is 8.63. The number of aliphatic hydroxyl groups is 1. The summed E-state index contributed by atoms with van der Waals surface area (Å²) in [6.45, 7) is 3.29. The fraction of sp³-hybridized carbons (Fsp3) is 0.600. The molecule has 0 aromatic rings. The van der Waals surface area contributed by atoms with E-state index in [4.69, 9.17) is 5.11 Å². The van der Waals surface area contributed by atoms with Crippen molar-refractivity contribution in [3.05, 3.63) is 23.5 Å². The number of likely N-dealkylation sites (tertiary alicyclic amines) is 1. The standard InChI is InChI=1S/C10H16N2O/c13-8-9-3-4-10(11-7-9)12-5-1-2-6-12/h3-4,11,13H,1-2,5-8H2. The number of hydrogen-bond donors (Lipinski definition) is 2. The molecule has 2 rings (SSSR count). The molecule has 0 atom stereocenters. The highest BCUT2D eigenvalue weighted by Gasteiger charge is 2.15. The summed E-state index contributed by atoms with van der Waals surface area (Å²) in [4.78, 5) is 2.37. The van der Waals surface area contributed by atoms with E-state index >= 15 is 0 Å². The van der Waals surface area contributed by atoms with Gasteiger partial charge < -0.3 is 15.3 Å². The van der Waals surface area contributed by atoms with E-state index in [1.807, 2.05) is 6.08 Å². The van der Waals surface area contributed by atoms with Gasteiger partial charge in [0, 0.05) is 19.6 Å². The quantitative estimate of drug-likeness (QED) is 0.647. The van der Waals surface area contributed by atoms with Crippen LogP contribution in [0.15, 0.2) is 23.5 Å². The van der Waals surface area contributed by atoms with Crippen molar-refractivity contribution in [1.29, 1.82) is 0 Å². The molecule has 0 spiro atoms. The summed E-state index contributed by atoms with van der Waals surface area (Å²) < 4.78 is 0. The third-order valence-corrected chi connectivity index (χ3v) is 2.62. The normalized spacial score (nSPS) is 22.4. The molecule has 2 N–H and O–H groups in total. The van der Waals surface area contributed by atoms with Crippen molar-refractivity contribution in [2.45, 2.75) is 12.8 Å². The number of dihydropyridines is 1. The summed E-state index contributed by atoms with van der Waals surface area (Å²) in [5.41, 5.74) is 1.06. The molecule has 0 bridgehead atoms. The minimum absolute atomic E-state index is 0.163. The predicted molar refractivity (Wildman–Crippen MR) is 52.1 cm³/mol. The highest BCUT2D eigenvalue weighted by molar-refractivity contribution is 5.23. The van der Waals surface area contributed by atoms with Crippen molar-refractivity contribution in [2.75, 3.05) is 26.2 Å². The van der Waals surface area contributed by atoms with Crippen LogP contribution in [-0.2, 0) is 0 Å². The Morgan fingerprint density at radius 3 is 2.62 bits per heavy atom. The Morgan fingerprint density at radius 1 is 1.31 bits per heavy atom. The largest absolute Gasteiger partial charge is 0.392 e. The fourth-order valence-electron chi connectivity index (χ4n) is 1.80. The van der Waals surface area contributed by atoms with Crippen LogP contribution in [0, 0.1) is 0 Å². The molecule has 0 radical (unpaired) electrons. The van der Waals surface area contributed by atoms with Crippen LogP contribution >= 0.6 is 0 Å². The van der Waals surface area contributed by atoms with Crippen LogP contribution in [-0.4, -0.2) is 36.2 Å². The summed E-state index contributed by atoms with van der Waals surface area (Å²) in [5.74, 6) is 1.22. The molecule has 0 aromatic carbocycles. The van der Waals surface area contributed by atoms with Gasteiger partial charge in [0.05, 0.1) is 6.61 Å². The van der Waals surface area contributed by atoms with Crippen LogP contribution in [0.1, 0.15) is 12.8 Å². The molecule has 0 aromatic heterocycles. The highest BCUT2D eigenvalue weighted by atomic mass is 16.3. The van der Waals surface area contributed by atoms with Crippen LogP contribution in [0.3, 0.4) is 0 Å². The van der Waals surface area contributed by atoms with Crippen molar-refractivity contribution < 1.29 is 5.11 Å². The summed E-state index contributed by atoms with van der Waals surface area (Å²) in [6.07, 6.45) is 6.69. The van der Waals surface area contributed by atoms with Crippen molar-refractivity contribution in [2.24, 2.45) is 0 Å². The van der Waals surface area contributed by atoms with Gasteiger partial charge in [0.25, 0.3) is 0 Å². The van der Waals surface area contributed by atoms with E-state index in [9.17, 15) is 0 Å². The van der Waals surface area contributed by atoms with Gasteiger partial charge in [0.1, 0.15) is 5.82 Å². The van der Waals surface area contributed by atoms with Crippen molar-refractivity contribution in [1.82, 2.24) is 10.2 Å². The second-order valence-electron chi connectivity index (χ2n) is 3.58. The molecule has 13 heavy (non-hydrogen) atoms. The monoisotopic (exact) mass is 180 g/mol. The van der Waals surface area contributed by atoms with Crippen LogP contribution in [0.2, 0.25) is 0 Å². The molecule has 2 aliphatic heterocycles. The lowest BCUT2D eigenvalue weighted by Crippen LogP contribution is -2.32. The molecule has 3 nitrogen and oxygen atoms in total. The third-order valence-electron chi connectivity index (χ3n) is 2.62. The Kier molecular flexibility index (Phi) is 2.54. The zero-order chi connectivity index (χ0) is 9.10. The first-order valence-corrected chi connectivity index (χ1v) is 4.89. The molecule has 0 unspecified atom stereocenters. The van der Waals surface area contributed by atoms with Crippen LogP contribution in [0.25, 0.3) is 0 Å². The van der Waals surface area contributed by atoms with Gasteiger partial charge in [-0.05, 0) is 24.5 Å². The number of rotatable bonds is 2. The van der Waals surface area contributed by atoms with Gasteiger partial charge in [-0.15, -0.1) is 0 Å². The summed E-state index contributed by atoms with van der Waals surface area (Å²) >= 11 is 0. The Labute approximate surface area is 78.7 Å². The maximum atomic E-state index is 8.89. The van der Waals surface area contributed by atoms with E-state index in [1.54, 1.807) is 0 Å². The average molecular weight is 180 g/mol. The Hall–Kier alpha value is -0.960. The predicted octanol–water partition coefficient (Wildman–Crippen LogP) is 0.446. The smallest absolute Gasteiger partial charge is 0.101 e. The van der Waals surface area contributed by atoms with Gasteiger partial charge in [-0.25, -0.2) is 0 Å². The minimum atomic E-state index is 0.163. The van der Waals surface area contributed by atoms with Crippen LogP contribution in [0.5, 0.6) is 0 Å². The minimum Gasteiger partial charge on any atom is -0.392 e. The van der Waals surface area contributed by atoms with Gasteiger partial charge in [0.2, 0.25) is 0 Å². The first-order valence-electron chi connectivity index (χ1n) is 4.89. The van der Waals surface area contributed by atoms with Gasteiger partial charge in [-0.2, -0.15) is 0 Å². The zero-order valence-corrected chi connectivity index (χ0v) is 7.79. The summed E-state index contributed by atoms with van der Waals surface area (Å²) in [7, 11) is 0.